The third-order valence-electron chi connectivity index (χ3n) is 5.63. The lowest BCUT2D eigenvalue weighted by atomic mass is 9.91. The van der Waals surface area contributed by atoms with Gasteiger partial charge in [-0.1, -0.05) is 11.2 Å². The lowest BCUT2D eigenvalue weighted by Crippen LogP contribution is -2.39. The molecule has 8 heteroatoms. The second-order valence-electron chi connectivity index (χ2n) is 7.87. The number of aryl methyl sites for hydroxylation is 1. The van der Waals surface area contributed by atoms with Crippen LogP contribution in [0.15, 0.2) is 65.7 Å². The average Bonchev–Trinajstić information content (AvgIpc) is 3.30. The molecular weight excluding hydrogens is 404 g/mol. The van der Waals surface area contributed by atoms with Gasteiger partial charge in [-0.05, 0) is 44.0 Å². The zero-order valence-corrected chi connectivity index (χ0v) is 17.7. The Morgan fingerprint density at radius 1 is 1.12 bits per heavy atom. The number of piperidine rings is 1. The van der Waals surface area contributed by atoms with Gasteiger partial charge in [-0.2, -0.15) is 0 Å². The molecule has 1 aliphatic rings. The summed E-state index contributed by atoms with van der Waals surface area (Å²) in [5, 5.41) is 4.03. The van der Waals surface area contributed by atoms with E-state index < -0.39 is 0 Å². The van der Waals surface area contributed by atoms with Crippen molar-refractivity contribution in [3.05, 3.63) is 78.1 Å². The summed E-state index contributed by atoms with van der Waals surface area (Å²) in [5.41, 5.74) is 3.79. The van der Waals surface area contributed by atoms with E-state index in [9.17, 15) is 4.79 Å². The minimum Gasteiger partial charge on any atom is -0.356 e. The van der Waals surface area contributed by atoms with Gasteiger partial charge in [0.1, 0.15) is 5.69 Å². The highest BCUT2D eigenvalue weighted by Gasteiger charge is 2.29. The van der Waals surface area contributed by atoms with Crippen LogP contribution in [0.3, 0.4) is 0 Å². The van der Waals surface area contributed by atoms with Crippen molar-refractivity contribution in [2.75, 3.05) is 13.1 Å². The van der Waals surface area contributed by atoms with Crippen LogP contribution in [0.25, 0.3) is 22.8 Å². The summed E-state index contributed by atoms with van der Waals surface area (Å²) >= 11 is 0. The number of pyridine rings is 2. The molecule has 8 nitrogen and oxygen atoms in total. The monoisotopic (exact) mass is 426 g/mol. The van der Waals surface area contributed by atoms with Crippen LogP contribution < -0.4 is 0 Å². The van der Waals surface area contributed by atoms with Crippen molar-refractivity contribution in [3.63, 3.8) is 0 Å². The van der Waals surface area contributed by atoms with E-state index in [1.54, 1.807) is 36.9 Å². The molecule has 5 rings (SSSR count). The molecular formula is C24H22N6O2. The SMILES string of the molecule is Cc1cc(-c2cnc(-c3ccccn3)nc2C2CCCN(C(=O)c3ccncc3)C2)on1. The van der Waals surface area contributed by atoms with E-state index in [0.29, 0.717) is 35.9 Å². The van der Waals surface area contributed by atoms with Crippen LogP contribution in [-0.2, 0) is 0 Å². The lowest BCUT2D eigenvalue weighted by molar-refractivity contribution is 0.0706. The summed E-state index contributed by atoms with van der Waals surface area (Å²) in [6.45, 7) is 3.16. The second-order valence-corrected chi connectivity index (χ2v) is 7.87. The Labute approximate surface area is 185 Å². The number of rotatable bonds is 4. The molecule has 1 saturated heterocycles. The van der Waals surface area contributed by atoms with Gasteiger partial charge in [0.2, 0.25) is 0 Å². The normalized spacial score (nSPS) is 16.2. The van der Waals surface area contributed by atoms with Crippen molar-refractivity contribution in [2.24, 2.45) is 0 Å². The quantitative estimate of drug-likeness (QED) is 0.488. The Kier molecular flexibility index (Phi) is 5.41. The molecule has 1 fully saturated rings. The Morgan fingerprint density at radius 3 is 2.75 bits per heavy atom. The molecule has 0 aromatic carbocycles. The van der Waals surface area contributed by atoms with E-state index >= 15 is 0 Å². The highest BCUT2D eigenvalue weighted by Crippen LogP contribution is 2.34. The van der Waals surface area contributed by atoms with Crippen molar-refractivity contribution in [1.82, 2.24) is 30.0 Å². The number of nitrogens with zero attached hydrogens (tertiary/aromatic N) is 6. The fourth-order valence-corrected chi connectivity index (χ4v) is 4.07. The van der Waals surface area contributed by atoms with E-state index in [1.807, 2.05) is 36.1 Å². The third-order valence-corrected chi connectivity index (χ3v) is 5.63. The zero-order chi connectivity index (χ0) is 21.9. The van der Waals surface area contributed by atoms with E-state index in [-0.39, 0.29) is 11.8 Å². The van der Waals surface area contributed by atoms with Crippen molar-refractivity contribution in [2.45, 2.75) is 25.7 Å². The largest absolute Gasteiger partial charge is 0.356 e. The standard InChI is InChI=1S/C24H22N6O2/c1-16-13-21(32-29-16)19-14-27-23(20-6-2-3-9-26-20)28-22(19)18-5-4-12-30(15-18)24(31)17-7-10-25-11-8-17/h2-3,6-11,13-14,18H,4-5,12,15H2,1H3. The Hall–Kier alpha value is -3.94. The molecule has 1 aliphatic heterocycles. The van der Waals surface area contributed by atoms with Crippen LogP contribution in [-0.4, -0.2) is 49.0 Å². The Morgan fingerprint density at radius 2 is 2.00 bits per heavy atom. The molecule has 0 saturated carbocycles. The topological polar surface area (TPSA) is 97.9 Å². The van der Waals surface area contributed by atoms with Crippen molar-refractivity contribution in [3.8, 4) is 22.8 Å². The minimum atomic E-state index is 0.00756. The summed E-state index contributed by atoms with van der Waals surface area (Å²) in [6, 6.07) is 11.0. The molecule has 0 radical (unpaired) electrons. The van der Waals surface area contributed by atoms with Crippen molar-refractivity contribution in [1.29, 1.82) is 0 Å². The number of hydrogen-bond donors (Lipinski definition) is 0. The molecule has 4 aromatic heterocycles. The van der Waals surface area contributed by atoms with E-state index in [0.717, 1.165) is 29.8 Å². The first-order chi connectivity index (χ1) is 15.7. The van der Waals surface area contributed by atoms with E-state index in [4.69, 9.17) is 9.51 Å². The maximum atomic E-state index is 13.1. The maximum Gasteiger partial charge on any atom is 0.253 e. The van der Waals surface area contributed by atoms with Crippen molar-refractivity contribution >= 4 is 5.91 Å². The van der Waals surface area contributed by atoms with Crippen LogP contribution in [0, 0.1) is 6.92 Å². The second kappa shape index (κ2) is 8.66. The zero-order valence-electron chi connectivity index (χ0n) is 17.7. The van der Waals surface area contributed by atoms with Crippen LogP contribution in [0.4, 0.5) is 0 Å². The van der Waals surface area contributed by atoms with Gasteiger partial charge in [0.05, 0.1) is 17.0 Å². The first-order valence-electron chi connectivity index (χ1n) is 10.6. The third kappa shape index (κ3) is 3.99. The molecule has 160 valence electrons. The van der Waals surface area contributed by atoms with Gasteiger partial charge in [0.15, 0.2) is 11.6 Å². The van der Waals surface area contributed by atoms with Crippen LogP contribution >= 0.6 is 0 Å². The van der Waals surface area contributed by atoms with E-state index in [1.165, 1.54) is 0 Å². The van der Waals surface area contributed by atoms with Crippen molar-refractivity contribution < 1.29 is 9.32 Å². The Balaban J connectivity index is 1.52. The Bertz CT molecular complexity index is 1230. The molecule has 0 spiro atoms. The molecule has 0 N–H and O–H groups in total. The van der Waals surface area contributed by atoms with E-state index in [2.05, 4.69) is 20.1 Å². The number of amides is 1. The number of hydrogen-bond acceptors (Lipinski definition) is 7. The molecule has 1 atom stereocenters. The van der Waals surface area contributed by atoms with Gasteiger partial charge in [-0.25, -0.2) is 9.97 Å². The summed E-state index contributed by atoms with van der Waals surface area (Å²) in [4.78, 5) is 32.8. The number of carbonyl (C=O) groups is 1. The summed E-state index contributed by atoms with van der Waals surface area (Å²) in [5.74, 6) is 1.23. The summed E-state index contributed by atoms with van der Waals surface area (Å²) in [7, 11) is 0. The first-order valence-corrected chi connectivity index (χ1v) is 10.6. The summed E-state index contributed by atoms with van der Waals surface area (Å²) in [6.07, 6.45) is 8.58. The van der Waals surface area contributed by atoms with Gasteiger partial charge in [0, 0.05) is 55.4 Å². The predicted octanol–water partition coefficient (Wildman–Crippen LogP) is 3.92. The fraction of sp³-hybridized carbons (Fsp3) is 0.250. The maximum absolute atomic E-state index is 13.1. The smallest absolute Gasteiger partial charge is 0.253 e. The lowest BCUT2D eigenvalue weighted by Gasteiger charge is -2.33. The highest BCUT2D eigenvalue weighted by molar-refractivity contribution is 5.94. The van der Waals surface area contributed by atoms with Gasteiger partial charge in [0.25, 0.3) is 5.91 Å². The van der Waals surface area contributed by atoms with Gasteiger partial charge in [-0.15, -0.1) is 0 Å². The minimum absolute atomic E-state index is 0.00756. The summed E-state index contributed by atoms with van der Waals surface area (Å²) < 4.78 is 5.54. The number of carbonyl (C=O) groups excluding carboxylic acids is 1. The number of aromatic nitrogens is 5. The average molecular weight is 426 g/mol. The molecule has 4 aromatic rings. The van der Waals surface area contributed by atoms with Gasteiger partial charge in [-0.3, -0.25) is 14.8 Å². The molecule has 1 unspecified atom stereocenters. The molecule has 1 amide bonds. The fourth-order valence-electron chi connectivity index (χ4n) is 4.07. The van der Waals surface area contributed by atoms with Crippen LogP contribution in [0.2, 0.25) is 0 Å². The van der Waals surface area contributed by atoms with Gasteiger partial charge >= 0.3 is 0 Å². The van der Waals surface area contributed by atoms with Crippen LogP contribution in [0.5, 0.6) is 0 Å². The molecule has 0 aliphatic carbocycles. The molecule has 32 heavy (non-hydrogen) atoms. The van der Waals surface area contributed by atoms with Gasteiger partial charge < -0.3 is 9.42 Å². The highest BCUT2D eigenvalue weighted by atomic mass is 16.5. The number of likely N-dealkylation sites (tertiary alicyclic amines) is 1. The molecule has 5 heterocycles. The molecule has 0 bridgehead atoms. The first kappa shape index (κ1) is 20.0. The van der Waals surface area contributed by atoms with Crippen LogP contribution in [0.1, 0.15) is 40.5 Å². The predicted molar refractivity (Wildman–Crippen MR) is 118 cm³/mol.